The number of fused-ring (bicyclic) bond motifs is 3. The molecule has 7 rings (SSSR count). The number of alkyl carbamates (subject to hydrolysis) is 1. The van der Waals surface area contributed by atoms with E-state index in [1.807, 2.05) is 103 Å². The summed E-state index contributed by atoms with van der Waals surface area (Å²) in [6.45, 7) is 3.15. The van der Waals surface area contributed by atoms with Gasteiger partial charge in [0.15, 0.2) is 12.4 Å². The summed E-state index contributed by atoms with van der Waals surface area (Å²) < 4.78 is 48.0. The number of rotatable bonds is 17. The molecule has 318 valence electrons. The van der Waals surface area contributed by atoms with Crippen LogP contribution in [0.3, 0.4) is 0 Å². The van der Waals surface area contributed by atoms with E-state index in [4.69, 9.17) is 37.9 Å². The molecule has 1 aliphatic heterocycles. The van der Waals surface area contributed by atoms with E-state index in [2.05, 4.69) is 29.6 Å². The van der Waals surface area contributed by atoms with Crippen molar-refractivity contribution in [1.29, 1.82) is 0 Å². The molecule has 1 amide bonds. The van der Waals surface area contributed by atoms with E-state index in [0.29, 0.717) is 17.9 Å². The van der Waals surface area contributed by atoms with Crippen LogP contribution in [-0.4, -0.2) is 83.2 Å². The third-order valence-corrected chi connectivity index (χ3v) is 11.0. The van der Waals surface area contributed by atoms with Crippen LogP contribution in [-0.2, 0) is 43.6 Å². The summed E-state index contributed by atoms with van der Waals surface area (Å²) in [5.74, 6) is 0.166. The van der Waals surface area contributed by atoms with Crippen molar-refractivity contribution in [2.24, 2.45) is 0 Å². The van der Waals surface area contributed by atoms with Crippen LogP contribution in [0, 0.1) is 0 Å². The Hall–Kier alpha value is -6.21. The summed E-state index contributed by atoms with van der Waals surface area (Å²) in [6, 6.07) is 41.3. The first kappa shape index (κ1) is 42.9. The number of esters is 2. The SMILES string of the molecule is COc1ccc(C(OC[C@H]2O[C@@H](OCCCNC(=O)OCC3c4ccccc4-c4ccccc43)C[C@@H](OC(C)=O)[C@H]2OC(C)=O)(c2ccccc2)c2ccc(OC)cc2)cc1. The quantitative estimate of drug-likeness (QED) is 0.0424. The lowest BCUT2D eigenvalue weighted by Gasteiger charge is -2.42. The van der Waals surface area contributed by atoms with Crippen LogP contribution in [0.25, 0.3) is 11.1 Å². The topological polar surface area (TPSA) is 137 Å². The zero-order chi connectivity index (χ0) is 42.8. The Labute approximate surface area is 356 Å². The van der Waals surface area contributed by atoms with Gasteiger partial charge >= 0.3 is 18.0 Å². The first-order valence-electron chi connectivity index (χ1n) is 20.4. The second-order valence-electron chi connectivity index (χ2n) is 14.9. The van der Waals surface area contributed by atoms with E-state index in [-0.39, 0.29) is 38.7 Å². The van der Waals surface area contributed by atoms with Crippen molar-refractivity contribution in [2.75, 3.05) is 40.6 Å². The summed E-state index contributed by atoms with van der Waals surface area (Å²) in [5.41, 5.74) is 5.77. The Morgan fingerprint density at radius 2 is 1.21 bits per heavy atom. The summed E-state index contributed by atoms with van der Waals surface area (Å²) in [5, 5.41) is 2.82. The van der Waals surface area contributed by atoms with E-state index in [0.717, 1.165) is 38.9 Å². The molecule has 1 saturated heterocycles. The van der Waals surface area contributed by atoms with Crippen molar-refractivity contribution in [3.05, 3.63) is 155 Å². The van der Waals surface area contributed by atoms with E-state index in [1.54, 1.807) is 14.2 Å². The van der Waals surface area contributed by atoms with Gasteiger partial charge in [-0.25, -0.2) is 4.79 Å². The standard InChI is InChI=1S/C49H51NO11/c1-32(51)59-44-29-46(56-28-12-27-50-48(53)57-30-43-41-17-10-8-15-39(41)40-16-9-11-18-42(40)43)61-45(47(44)60-33(2)52)31-58-49(34-13-6-5-7-14-34,35-19-23-37(54-3)24-20-35)36-21-25-38(55-4)26-22-36/h5-11,13-26,43-47H,12,27-31H2,1-4H3,(H,50,53)/t44-,45-,46-,47-/m1/s1. The lowest BCUT2D eigenvalue weighted by molar-refractivity contribution is -0.270. The molecule has 5 aromatic carbocycles. The molecule has 0 spiro atoms. The molecule has 5 aromatic rings. The van der Waals surface area contributed by atoms with Crippen molar-refractivity contribution in [3.63, 3.8) is 0 Å². The molecule has 0 saturated carbocycles. The Kier molecular flexibility index (Phi) is 14.0. The maximum absolute atomic E-state index is 12.8. The fourth-order valence-electron chi connectivity index (χ4n) is 8.21. The molecule has 4 atom stereocenters. The highest BCUT2D eigenvalue weighted by Crippen LogP contribution is 2.45. The van der Waals surface area contributed by atoms with Crippen LogP contribution in [0.2, 0.25) is 0 Å². The number of nitrogens with one attached hydrogen (secondary N) is 1. The predicted octanol–water partition coefficient (Wildman–Crippen LogP) is 7.94. The summed E-state index contributed by atoms with van der Waals surface area (Å²) in [4.78, 5) is 37.7. The number of carbonyl (C=O) groups is 3. The molecule has 1 N–H and O–H groups in total. The van der Waals surface area contributed by atoms with Crippen molar-refractivity contribution in [2.45, 2.75) is 62.8 Å². The van der Waals surface area contributed by atoms with Gasteiger partial charge < -0.3 is 43.2 Å². The van der Waals surface area contributed by atoms with Gasteiger partial charge in [-0.05, 0) is 69.6 Å². The summed E-state index contributed by atoms with van der Waals surface area (Å²) in [7, 11) is 3.21. The Bertz CT molecular complexity index is 2150. The number of benzene rings is 5. The van der Waals surface area contributed by atoms with Gasteiger partial charge in [0.05, 0.1) is 27.4 Å². The van der Waals surface area contributed by atoms with Crippen molar-refractivity contribution < 1.29 is 52.3 Å². The fraction of sp³-hybridized carbons (Fsp3) is 0.327. The van der Waals surface area contributed by atoms with Crippen LogP contribution < -0.4 is 14.8 Å². The third-order valence-electron chi connectivity index (χ3n) is 11.0. The Morgan fingerprint density at radius 3 is 1.77 bits per heavy atom. The maximum atomic E-state index is 12.8. The molecule has 12 heteroatoms. The van der Waals surface area contributed by atoms with Gasteiger partial charge in [0.1, 0.15) is 35.9 Å². The lowest BCUT2D eigenvalue weighted by atomic mass is 9.80. The fourth-order valence-corrected chi connectivity index (χ4v) is 8.21. The average molecular weight is 830 g/mol. The smallest absolute Gasteiger partial charge is 0.407 e. The van der Waals surface area contributed by atoms with Crippen molar-refractivity contribution in [1.82, 2.24) is 5.32 Å². The largest absolute Gasteiger partial charge is 0.497 e. The molecular formula is C49H51NO11. The molecule has 0 radical (unpaired) electrons. The molecule has 0 aromatic heterocycles. The summed E-state index contributed by atoms with van der Waals surface area (Å²) in [6.07, 6.45) is -3.73. The van der Waals surface area contributed by atoms with Crippen LogP contribution >= 0.6 is 0 Å². The number of carbonyl (C=O) groups excluding carboxylic acids is 3. The van der Waals surface area contributed by atoms with E-state index in [1.165, 1.54) is 13.8 Å². The Balaban J connectivity index is 1.05. The van der Waals surface area contributed by atoms with Crippen LogP contribution in [0.15, 0.2) is 127 Å². The van der Waals surface area contributed by atoms with Gasteiger partial charge in [-0.1, -0.05) is 103 Å². The van der Waals surface area contributed by atoms with Gasteiger partial charge in [-0.3, -0.25) is 9.59 Å². The second-order valence-corrected chi connectivity index (χ2v) is 14.9. The molecule has 12 nitrogen and oxygen atoms in total. The third kappa shape index (κ3) is 9.89. The van der Waals surface area contributed by atoms with Crippen LogP contribution in [0.5, 0.6) is 11.5 Å². The zero-order valence-electron chi connectivity index (χ0n) is 34.7. The highest BCUT2D eigenvalue weighted by molar-refractivity contribution is 5.79. The van der Waals surface area contributed by atoms with Gasteiger partial charge in [-0.2, -0.15) is 0 Å². The first-order chi connectivity index (χ1) is 29.7. The number of hydrogen-bond acceptors (Lipinski definition) is 11. The highest BCUT2D eigenvalue weighted by atomic mass is 16.7. The minimum absolute atomic E-state index is 0.0481. The second kappa shape index (κ2) is 19.9. The van der Waals surface area contributed by atoms with E-state index >= 15 is 0 Å². The minimum atomic E-state index is -1.21. The van der Waals surface area contributed by atoms with E-state index in [9.17, 15) is 14.4 Å². The molecule has 1 heterocycles. The molecule has 1 aliphatic carbocycles. The molecular weight excluding hydrogens is 779 g/mol. The highest BCUT2D eigenvalue weighted by Gasteiger charge is 2.46. The Morgan fingerprint density at radius 1 is 0.672 bits per heavy atom. The molecule has 0 bridgehead atoms. The molecule has 1 fully saturated rings. The lowest BCUT2D eigenvalue weighted by Crippen LogP contribution is -2.55. The van der Waals surface area contributed by atoms with Crippen LogP contribution in [0.4, 0.5) is 4.79 Å². The van der Waals surface area contributed by atoms with Gasteiger partial charge in [-0.15, -0.1) is 0 Å². The van der Waals surface area contributed by atoms with Crippen LogP contribution in [0.1, 0.15) is 60.4 Å². The number of methoxy groups -OCH3 is 2. The van der Waals surface area contributed by atoms with Crippen molar-refractivity contribution in [3.8, 4) is 22.6 Å². The van der Waals surface area contributed by atoms with Crippen molar-refractivity contribution >= 4 is 18.0 Å². The normalized spacial score (nSPS) is 18.3. The number of ether oxygens (including phenoxy) is 8. The minimum Gasteiger partial charge on any atom is -0.497 e. The number of hydrogen-bond donors (Lipinski definition) is 1. The molecule has 0 unspecified atom stereocenters. The first-order valence-corrected chi connectivity index (χ1v) is 20.4. The summed E-state index contributed by atoms with van der Waals surface area (Å²) >= 11 is 0. The van der Waals surface area contributed by atoms with E-state index < -0.39 is 48.2 Å². The predicted molar refractivity (Wildman–Crippen MR) is 226 cm³/mol. The zero-order valence-corrected chi connectivity index (χ0v) is 34.7. The average Bonchev–Trinajstić information content (AvgIpc) is 3.60. The van der Waals surface area contributed by atoms with Gasteiger partial charge in [0, 0.05) is 32.7 Å². The van der Waals surface area contributed by atoms with Gasteiger partial charge in [0.25, 0.3) is 0 Å². The maximum Gasteiger partial charge on any atom is 0.407 e. The number of amides is 1. The van der Waals surface area contributed by atoms with Gasteiger partial charge in [0.2, 0.25) is 0 Å². The molecule has 61 heavy (non-hydrogen) atoms. The monoisotopic (exact) mass is 829 g/mol. The molecule has 2 aliphatic rings.